The number of nitrogens with one attached hydrogen (secondary N) is 2. The first-order chi connectivity index (χ1) is 14.7. The smallest absolute Gasteiger partial charge is 0.344 e. The van der Waals surface area contributed by atoms with Crippen LogP contribution in [0.1, 0.15) is 40.5 Å². The van der Waals surface area contributed by atoms with Gasteiger partial charge in [0.15, 0.2) is 0 Å². The molecule has 5 nitrogen and oxygen atoms in total. The molecule has 0 bridgehead atoms. The second-order valence-corrected chi connectivity index (χ2v) is 7.37. The third-order valence-electron chi connectivity index (χ3n) is 5.06. The summed E-state index contributed by atoms with van der Waals surface area (Å²) >= 11 is 0. The lowest BCUT2D eigenvalue weighted by Crippen LogP contribution is -2.32. The predicted molar refractivity (Wildman–Crippen MR) is 105 cm³/mol. The number of benzene rings is 2. The molecule has 0 saturated heterocycles. The van der Waals surface area contributed by atoms with Crippen molar-refractivity contribution in [3.05, 3.63) is 87.6 Å². The minimum atomic E-state index is -4.80. The van der Waals surface area contributed by atoms with Crippen LogP contribution in [0.15, 0.2) is 59.4 Å². The molecule has 1 aliphatic rings. The van der Waals surface area contributed by atoms with E-state index in [1.807, 2.05) is 0 Å². The molecule has 9 heteroatoms. The predicted octanol–water partition coefficient (Wildman–Crippen LogP) is 4.48. The standard InChI is InChI=1S/C22H17F4N3O2/c23-16-10-14(8-9-15(16)22(24,25)26)19(12-6-7-12)29-21(31)17-11-18(30)28-20(27-17)13-4-2-1-3-5-13/h1-5,8-12,19H,6-7H2,(H,29,31)(H,27,28,30). The first kappa shape index (κ1) is 20.8. The second kappa shape index (κ2) is 7.98. The molecular formula is C22H17F4N3O2. The number of alkyl halides is 3. The average Bonchev–Trinajstić information content (AvgIpc) is 3.56. The monoisotopic (exact) mass is 431 g/mol. The van der Waals surface area contributed by atoms with Crippen molar-refractivity contribution in [1.29, 1.82) is 0 Å². The zero-order chi connectivity index (χ0) is 22.2. The molecule has 1 aliphatic carbocycles. The van der Waals surface area contributed by atoms with E-state index in [0.717, 1.165) is 31.0 Å². The summed E-state index contributed by atoms with van der Waals surface area (Å²) < 4.78 is 52.6. The lowest BCUT2D eigenvalue weighted by atomic mass is 10.00. The number of hydrogen-bond acceptors (Lipinski definition) is 3. The molecule has 1 aromatic heterocycles. The maximum absolute atomic E-state index is 14.1. The zero-order valence-electron chi connectivity index (χ0n) is 16.0. The SMILES string of the molecule is O=C(NC(c1ccc(C(F)(F)F)c(F)c1)C1CC1)c1cc(=O)[nH]c(-c2ccccc2)n1. The molecular weight excluding hydrogens is 414 g/mol. The van der Waals surface area contributed by atoms with E-state index in [-0.39, 0.29) is 23.0 Å². The number of carbonyl (C=O) groups excluding carboxylic acids is 1. The average molecular weight is 431 g/mol. The summed E-state index contributed by atoms with van der Waals surface area (Å²) in [5.74, 6) is -1.89. The molecule has 1 saturated carbocycles. The Labute approximate surface area is 174 Å². The molecule has 4 rings (SSSR count). The van der Waals surface area contributed by atoms with E-state index in [1.54, 1.807) is 30.3 Å². The number of halogens is 4. The molecule has 1 heterocycles. The van der Waals surface area contributed by atoms with Crippen molar-refractivity contribution in [1.82, 2.24) is 15.3 Å². The van der Waals surface area contributed by atoms with Gasteiger partial charge >= 0.3 is 6.18 Å². The van der Waals surface area contributed by atoms with E-state index >= 15 is 0 Å². The van der Waals surface area contributed by atoms with E-state index in [2.05, 4.69) is 15.3 Å². The van der Waals surface area contributed by atoms with Crippen LogP contribution in [0, 0.1) is 11.7 Å². The Morgan fingerprint density at radius 3 is 2.42 bits per heavy atom. The van der Waals surface area contributed by atoms with Crippen molar-refractivity contribution in [2.45, 2.75) is 25.1 Å². The fraction of sp³-hybridized carbons (Fsp3) is 0.227. The van der Waals surface area contributed by atoms with Crippen LogP contribution in [0.3, 0.4) is 0 Å². The summed E-state index contributed by atoms with van der Waals surface area (Å²) in [6.07, 6.45) is -3.32. The van der Waals surface area contributed by atoms with Crippen LogP contribution in [0.25, 0.3) is 11.4 Å². The normalized spacial score (nSPS) is 14.8. The molecule has 31 heavy (non-hydrogen) atoms. The number of carbonyl (C=O) groups is 1. The van der Waals surface area contributed by atoms with Crippen LogP contribution in [0.5, 0.6) is 0 Å². The summed E-state index contributed by atoms with van der Waals surface area (Å²) in [5, 5.41) is 2.70. The first-order valence-electron chi connectivity index (χ1n) is 9.56. The molecule has 0 aliphatic heterocycles. The van der Waals surface area contributed by atoms with E-state index in [0.29, 0.717) is 11.6 Å². The molecule has 0 spiro atoms. The Bertz CT molecular complexity index is 1170. The van der Waals surface area contributed by atoms with Crippen molar-refractivity contribution < 1.29 is 22.4 Å². The van der Waals surface area contributed by atoms with Crippen LogP contribution in [-0.2, 0) is 6.18 Å². The minimum absolute atomic E-state index is 0.0318. The fourth-order valence-corrected chi connectivity index (χ4v) is 3.38. The Hall–Kier alpha value is -3.49. The van der Waals surface area contributed by atoms with Gasteiger partial charge in [-0.25, -0.2) is 9.37 Å². The summed E-state index contributed by atoms with van der Waals surface area (Å²) in [6.45, 7) is 0. The number of amides is 1. The lowest BCUT2D eigenvalue weighted by molar-refractivity contribution is -0.140. The lowest BCUT2D eigenvalue weighted by Gasteiger charge is -2.20. The highest BCUT2D eigenvalue weighted by Crippen LogP contribution is 2.42. The molecule has 2 N–H and O–H groups in total. The molecule has 3 aromatic rings. The number of hydrogen-bond donors (Lipinski definition) is 2. The molecule has 2 aromatic carbocycles. The maximum atomic E-state index is 14.1. The van der Waals surface area contributed by atoms with Crippen LogP contribution in [-0.4, -0.2) is 15.9 Å². The van der Waals surface area contributed by atoms with E-state index in [9.17, 15) is 27.2 Å². The topological polar surface area (TPSA) is 74.8 Å². The molecule has 1 atom stereocenters. The summed E-state index contributed by atoms with van der Waals surface area (Å²) in [5.41, 5.74) is -1.18. The Balaban J connectivity index is 1.62. The summed E-state index contributed by atoms with van der Waals surface area (Å²) in [4.78, 5) is 31.6. The Morgan fingerprint density at radius 2 is 1.81 bits per heavy atom. The fourth-order valence-electron chi connectivity index (χ4n) is 3.38. The van der Waals surface area contributed by atoms with Gasteiger partial charge in [0.05, 0.1) is 11.6 Å². The number of aromatic nitrogens is 2. The van der Waals surface area contributed by atoms with Gasteiger partial charge in [-0.3, -0.25) is 9.59 Å². The summed E-state index contributed by atoms with van der Waals surface area (Å²) in [7, 11) is 0. The van der Waals surface area contributed by atoms with Gasteiger partial charge in [-0.1, -0.05) is 36.4 Å². The van der Waals surface area contributed by atoms with Crippen LogP contribution in [0.2, 0.25) is 0 Å². The van der Waals surface area contributed by atoms with E-state index < -0.39 is 35.1 Å². The van der Waals surface area contributed by atoms with Gasteiger partial charge in [-0.15, -0.1) is 0 Å². The van der Waals surface area contributed by atoms with E-state index in [4.69, 9.17) is 0 Å². The summed E-state index contributed by atoms with van der Waals surface area (Å²) in [6, 6.07) is 11.7. The second-order valence-electron chi connectivity index (χ2n) is 7.37. The van der Waals surface area contributed by atoms with Gasteiger partial charge < -0.3 is 10.3 Å². The van der Waals surface area contributed by atoms with Gasteiger partial charge in [0.25, 0.3) is 11.5 Å². The van der Waals surface area contributed by atoms with E-state index in [1.165, 1.54) is 0 Å². The van der Waals surface area contributed by atoms with Crippen LogP contribution < -0.4 is 10.9 Å². The highest BCUT2D eigenvalue weighted by molar-refractivity contribution is 5.92. The van der Waals surface area contributed by atoms with Crippen molar-refractivity contribution in [2.75, 3.05) is 0 Å². The van der Waals surface area contributed by atoms with Crippen LogP contribution in [0.4, 0.5) is 17.6 Å². The molecule has 160 valence electrons. The van der Waals surface area contributed by atoms with Gasteiger partial charge in [-0.2, -0.15) is 13.2 Å². The molecule has 0 radical (unpaired) electrons. The van der Waals surface area contributed by atoms with Gasteiger partial charge in [0.2, 0.25) is 0 Å². The minimum Gasteiger partial charge on any atom is -0.344 e. The number of rotatable bonds is 5. The highest BCUT2D eigenvalue weighted by Gasteiger charge is 2.37. The van der Waals surface area contributed by atoms with Gasteiger partial charge in [-0.05, 0) is 36.5 Å². The Morgan fingerprint density at radius 1 is 1.10 bits per heavy atom. The van der Waals surface area contributed by atoms with Gasteiger partial charge in [0, 0.05) is 11.6 Å². The third kappa shape index (κ3) is 4.65. The molecule has 1 amide bonds. The quantitative estimate of drug-likeness (QED) is 0.585. The number of nitrogens with zero attached hydrogens (tertiary/aromatic N) is 1. The molecule has 1 unspecified atom stereocenters. The molecule has 1 fully saturated rings. The van der Waals surface area contributed by atoms with Crippen LogP contribution >= 0.6 is 0 Å². The van der Waals surface area contributed by atoms with Crippen molar-refractivity contribution in [2.24, 2.45) is 5.92 Å². The Kier molecular flexibility index (Phi) is 5.34. The number of aromatic amines is 1. The van der Waals surface area contributed by atoms with Crippen molar-refractivity contribution in [3.63, 3.8) is 0 Å². The maximum Gasteiger partial charge on any atom is 0.419 e. The largest absolute Gasteiger partial charge is 0.419 e. The van der Waals surface area contributed by atoms with Gasteiger partial charge in [0.1, 0.15) is 17.3 Å². The van der Waals surface area contributed by atoms with Crippen molar-refractivity contribution in [3.8, 4) is 11.4 Å². The third-order valence-corrected chi connectivity index (χ3v) is 5.06. The first-order valence-corrected chi connectivity index (χ1v) is 9.56. The highest BCUT2D eigenvalue weighted by atomic mass is 19.4. The van der Waals surface area contributed by atoms with Crippen molar-refractivity contribution >= 4 is 5.91 Å². The number of H-pyrrole nitrogens is 1. The zero-order valence-corrected chi connectivity index (χ0v) is 16.0.